The fourth-order valence-electron chi connectivity index (χ4n) is 16.2. The van der Waals surface area contributed by atoms with Crippen LogP contribution in [0.3, 0.4) is 0 Å². The van der Waals surface area contributed by atoms with Gasteiger partial charge in [0.15, 0.2) is 0 Å². The van der Waals surface area contributed by atoms with Gasteiger partial charge in [-0.05, 0) is 216 Å². The number of rotatable bonds is 7. The number of benzene rings is 8. The van der Waals surface area contributed by atoms with Gasteiger partial charge in [0, 0.05) is 60.1 Å². The van der Waals surface area contributed by atoms with E-state index in [0.29, 0.717) is 0 Å². The second-order valence-electron chi connectivity index (χ2n) is 32.2. The van der Waals surface area contributed by atoms with E-state index in [-0.39, 0.29) is 50.0 Å². The molecule has 0 amide bonds. The van der Waals surface area contributed by atoms with E-state index in [4.69, 9.17) is 0 Å². The molecule has 438 valence electrons. The van der Waals surface area contributed by atoms with Crippen LogP contribution < -0.4 is 30.4 Å². The third-order valence-corrected chi connectivity index (χ3v) is 23.5. The minimum Gasteiger partial charge on any atom is -0.311 e. The Morgan fingerprint density at radius 2 is 0.849 bits per heavy atom. The van der Waals surface area contributed by atoms with Crippen molar-refractivity contribution in [1.82, 2.24) is 0 Å². The maximum Gasteiger partial charge on any atom is 0.264 e. The zero-order valence-corrected chi connectivity index (χ0v) is 55.5. The van der Waals surface area contributed by atoms with E-state index < -0.39 is 0 Å². The fourth-order valence-corrected chi connectivity index (χ4v) is 17.5. The van der Waals surface area contributed by atoms with Crippen molar-refractivity contribution < 1.29 is 0 Å². The largest absolute Gasteiger partial charge is 0.311 e. The van der Waals surface area contributed by atoms with Crippen LogP contribution in [-0.2, 0) is 43.3 Å². The van der Waals surface area contributed by atoms with Crippen molar-refractivity contribution in [3.05, 3.63) is 214 Å². The minimum absolute atomic E-state index is 0.00388. The van der Waals surface area contributed by atoms with Crippen LogP contribution in [0.2, 0.25) is 0 Å². The van der Waals surface area contributed by atoms with E-state index in [2.05, 4.69) is 308 Å². The second-order valence-corrected chi connectivity index (χ2v) is 33.3. The predicted octanol–water partition coefficient (Wildman–Crippen LogP) is 21.1. The molecule has 0 bridgehead atoms. The van der Waals surface area contributed by atoms with Gasteiger partial charge >= 0.3 is 0 Å². The van der Waals surface area contributed by atoms with Gasteiger partial charge in [-0.15, -0.1) is 11.3 Å². The lowest BCUT2D eigenvalue weighted by molar-refractivity contribution is 0.332. The molecule has 0 spiro atoms. The molecule has 86 heavy (non-hydrogen) atoms. The van der Waals surface area contributed by atoms with Crippen molar-refractivity contribution >= 4 is 95.0 Å². The zero-order valence-electron chi connectivity index (χ0n) is 54.7. The van der Waals surface area contributed by atoms with Gasteiger partial charge in [-0.2, -0.15) is 0 Å². The average Bonchev–Trinajstić information content (AvgIpc) is 1.22. The second kappa shape index (κ2) is 19.1. The topological polar surface area (TPSA) is 9.72 Å². The standard InChI is InChI=1S/C81H90BN3S/c1-74(2,3)51-28-32-56(33-29-51)85-69-46-58(83(54-26-22-19-23-27-54)55-34-30-53(31-35-55)81(16,17)52-24-20-18-21-25-52)45-68-71(69)82(73-72(85)59-47-62-65(50-70(59)86-73)80(14,15)43-40-77(62,8)9)66-48-63-64(79(12,13)42-41-78(63,10)11)49-67(66)84(68)57-36-37-60-61(44-57)76(6,7)39-38-75(60,4)5/h18-37,44-50H,38-43H2,1-17H3. The molecule has 3 aliphatic carbocycles. The molecule has 0 radical (unpaired) electrons. The molecular weight excluding hydrogens is 1060 g/mol. The maximum atomic E-state index is 2.75. The normalized spacial score (nSPS) is 19.0. The lowest BCUT2D eigenvalue weighted by Crippen LogP contribution is -2.61. The Hall–Kier alpha value is -6.82. The monoisotopic (exact) mass is 1150 g/mol. The Balaban J connectivity index is 1.13. The van der Waals surface area contributed by atoms with Gasteiger partial charge in [0.1, 0.15) is 0 Å². The molecule has 9 aromatic rings. The SMILES string of the molecule is CC(C)(C)c1ccc(N2c3cc(N(c4ccccc4)c4ccc(C(C)(C)c5ccccc5)cc4)cc4c3B(c3cc5c(cc3N4c3ccc4c(c3)C(C)(C)CCC4(C)C)C(C)(C)CCC5(C)C)c3sc4cc5c(cc4c32)C(C)(C)CCC5(C)C)cc1. The quantitative estimate of drug-likeness (QED) is 0.147. The van der Waals surface area contributed by atoms with E-state index in [0.717, 1.165) is 36.3 Å². The summed E-state index contributed by atoms with van der Waals surface area (Å²) in [6, 6.07) is 64.9. The van der Waals surface area contributed by atoms with Gasteiger partial charge < -0.3 is 14.7 Å². The minimum atomic E-state index is -0.188. The lowest BCUT2D eigenvalue weighted by atomic mass is 9.35. The first-order valence-electron chi connectivity index (χ1n) is 32.3. The van der Waals surface area contributed by atoms with Gasteiger partial charge in [0.2, 0.25) is 0 Å². The molecule has 0 fully saturated rings. The number of fused-ring (bicyclic) bond motifs is 9. The molecule has 3 heterocycles. The van der Waals surface area contributed by atoms with Crippen molar-refractivity contribution in [2.75, 3.05) is 14.7 Å². The molecule has 0 unspecified atom stereocenters. The van der Waals surface area contributed by atoms with Crippen molar-refractivity contribution in [2.45, 2.75) is 200 Å². The molecular formula is C81H90BN3S. The highest BCUT2D eigenvalue weighted by molar-refractivity contribution is 7.33. The van der Waals surface area contributed by atoms with Crippen LogP contribution in [0.1, 0.15) is 206 Å². The highest BCUT2D eigenvalue weighted by Crippen LogP contribution is 2.57. The number of hydrogen-bond donors (Lipinski definition) is 0. The third-order valence-electron chi connectivity index (χ3n) is 22.3. The first-order chi connectivity index (χ1) is 40.5. The van der Waals surface area contributed by atoms with Crippen molar-refractivity contribution in [2.24, 2.45) is 0 Å². The Morgan fingerprint density at radius 3 is 1.42 bits per heavy atom. The molecule has 2 aliphatic heterocycles. The highest BCUT2D eigenvalue weighted by atomic mass is 32.1. The molecule has 5 heteroatoms. The number of thiophene rings is 1. The van der Waals surface area contributed by atoms with Crippen molar-refractivity contribution in [3.8, 4) is 0 Å². The maximum absolute atomic E-state index is 2.75. The van der Waals surface area contributed by atoms with Gasteiger partial charge in [0.05, 0.1) is 11.4 Å². The number of para-hydroxylation sites is 1. The first-order valence-corrected chi connectivity index (χ1v) is 33.1. The molecule has 0 saturated carbocycles. The third kappa shape index (κ3) is 8.83. The Morgan fingerprint density at radius 1 is 0.395 bits per heavy atom. The van der Waals surface area contributed by atoms with Crippen LogP contribution in [0, 0.1) is 0 Å². The summed E-state index contributed by atoms with van der Waals surface area (Å²) in [4.78, 5) is 8.02. The molecule has 3 nitrogen and oxygen atoms in total. The predicted molar refractivity (Wildman–Crippen MR) is 374 cm³/mol. The van der Waals surface area contributed by atoms with E-state index in [1.165, 1.54) is 129 Å². The molecule has 14 rings (SSSR count). The number of hydrogen-bond acceptors (Lipinski definition) is 4. The molecule has 5 aliphatic rings. The fraction of sp³-hybridized carbons (Fsp3) is 0.383. The van der Waals surface area contributed by atoms with E-state index in [1.54, 1.807) is 0 Å². The summed E-state index contributed by atoms with van der Waals surface area (Å²) < 4.78 is 2.83. The van der Waals surface area contributed by atoms with E-state index >= 15 is 0 Å². The lowest BCUT2D eigenvalue weighted by Gasteiger charge is -2.48. The van der Waals surface area contributed by atoms with Crippen molar-refractivity contribution in [3.63, 3.8) is 0 Å². The Kier molecular flexibility index (Phi) is 12.6. The first kappa shape index (κ1) is 57.0. The van der Waals surface area contributed by atoms with E-state index in [9.17, 15) is 0 Å². The van der Waals surface area contributed by atoms with Crippen molar-refractivity contribution in [1.29, 1.82) is 0 Å². The van der Waals surface area contributed by atoms with Gasteiger partial charge in [-0.3, -0.25) is 0 Å². The number of nitrogens with zero attached hydrogens (tertiary/aromatic N) is 3. The highest BCUT2D eigenvalue weighted by Gasteiger charge is 2.50. The average molecular weight is 1150 g/mol. The molecule has 0 saturated heterocycles. The Bertz CT molecular complexity index is 4180. The van der Waals surface area contributed by atoms with E-state index in [1.807, 2.05) is 0 Å². The Labute approximate surface area is 520 Å². The summed E-state index contributed by atoms with van der Waals surface area (Å²) >= 11 is 2.07. The van der Waals surface area contributed by atoms with Crippen LogP contribution in [-0.4, -0.2) is 6.71 Å². The zero-order chi connectivity index (χ0) is 60.6. The molecule has 8 aromatic carbocycles. The van der Waals surface area contributed by atoms with Gasteiger partial charge in [0.25, 0.3) is 6.71 Å². The number of anilines is 9. The summed E-state index contributed by atoms with van der Waals surface area (Å²) in [5.74, 6) is 0. The molecule has 0 atom stereocenters. The summed E-state index contributed by atoms with van der Waals surface area (Å²) in [5, 5.41) is 1.37. The smallest absolute Gasteiger partial charge is 0.264 e. The van der Waals surface area contributed by atoms with Crippen LogP contribution in [0.5, 0.6) is 0 Å². The summed E-state index contributed by atoms with van der Waals surface area (Å²) in [6.07, 6.45) is 6.98. The summed E-state index contributed by atoms with van der Waals surface area (Å²) in [6.45, 7) is 41.6. The van der Waals surface area contributed by atoms with Crippen LogP contribution in [0.4, 0.5) is 51.2 Å². The molecule has 0 N–H and O–H groups in total. The van der Waals surface area contributed by atoms with Gasteiger partial charge in [-0.25, -0.2) is 0 Å². The van der Waals surface area contributed by atoms with Crippen LogP contribution >= 0.6 is 11.3 Å². The molecule has 1 aromatic heterocycles. The van der Waals surface area contributed by atoms with Gasteiger partial charge in [-0.1, -0.05) is 203 Å². The van der Waals surface area contributed by atoms with Crippen LogP contribution in [0.25, 0.3) is 10.1 Å². The van der Waals surface area contributed by atoms with Crippen LogP contribution in [0.15, 0.2) is 164 Å². The summed E-state index contributed by atoms with van der Waals surface area (Å²) in [7, 11) is 0. The summed E-state index contributed by atoms with van der Waals surface area (Å²) in [5.41, 5.74) is 26.7.